The van der Waals surface area contributed by atoms with Crippen molar-refractivity contribution in [3.8, 4) is 5.88 Å². The summed E-state index contributed by atoms with van der Waals surface area (Å²) in [6.45, 7) is 5.43. The number of rotatable bonds is 4. The lowest BCUT2D eigenvalue weighted by atomic mass is 9.96. The molecule has 1 unspecified atom stereocenters. The first-order valence-electron chi connectivity index (χ1n) is 10.1. The van der Waals surface area contributed by atoms with E-state index in [1.165, 1.54) is 0 Å². The number of ether oxygens (including phenoxy) is 1. The molecule has 0 aliphatic carbocycles. The highest BCUT2D eigenvalue weighted by Crippen LogP contribution is 2.31. The Morgan fingerprint density at radius 3 is 2.63 bits per heavy atom. The largest absolute Gasteiger partial charge is 0.478 e. The number of hydrogen-bond donors (Lipinski definition) is 1. The summed E-state index contributed by atoms with van der Waals surface area (Å²) < 4.78 is 6.56. The summed E-state index contributed by atoms with van der Waals surface area (Å²) in [6.07, 6.45) is 1.76. The van der Waals surface area contributed by atoms with Crippen LogP contribution < -0.4 is 15.0 Å². The molecule has 1 aliphatic heterocycles. The second-order valence-corrected chi connectivity index (χ2v) is 8.59. The van der Waals surface area contributed by atoms with Gasteiger partial charge in [-0.15, -0.1) is 0 Å². The van der Waals surface area contributed by atoms with Gasteiger partial charge in [0.25, 0.3) is 5.88 Å². The van der Waals surface area contributed by atoms with Gasteiger partial charge in [0.2, 0.25) is 5.91 Å². The van der Waals surface area contributed by atoms with Gasteiger partial charge in [0.1, 0.15) is 0 Å². The van der Waals surface area contributed by atoms with E-state index in [2.05, 4.69) is 31.1 Å². The summed E-state index contributed by atoms with van der Waals surface area (Å²) >= 11 is 3.54. The Hall–Kier alpha value is -2.67. The van der Waals surface area contributed by atoms with Crippen LogP contribution in [0.15, 0.2) is 40.9 Å². The van der Waals surface area contributed by atoms with Gasteiger partial charge in [0.15, 0.2) is 5.82 Å². The molecule has 30 heavy (non-hydrogen) atoms. The number of amides is 1. The molecule has 7 heteroatoms. The van der Waals surface area contributed by atoms with Crippen molar-refractivity contribution in [3.63, 3.8) is 0 Å². The molecule has 1 amide bonds. The van der Waals surface area contributed by atoms with Gasteiger partial charge in [0.05, 0.1) is 24.1 Å². The maximum Gasteiger partial charge on any atom is 0.257 e. The average Bonchev–Trinajstić information content (AvgIpc) is 2.76. The number of benzene rings is 2. The van der Waals surface area contributed by atoms with E-state index in [0.717, 1.165) is 51.7 Å². The monoisotopic (exact) mass is 468 g/mol. The summed E-state index contributed by atoms with van der Waals surface area (Å²) in [5.74, 6) is 1.11. The Morgan fingerprint density at radius 1 is 1.17 bits per heavy atom. The van der Waals surface area contributed by atoms with Crippen LogP contribution in [-0.2, 0) is 4.79 Å². The molecule has 3 aromatic rings. The lowest BCUT2D eigenvalue weighted by Crippen LogP contribution is -2.41. The van der Waals surface area contributed by atoms with Crippen molar-refractivity contribution in [3.05, 3.63) is 52.0 Å². The van der Waals surface area contributed by atoms with Crippen LogP contribution in [0.5, 0.6) is 5.88 Å². The van der Waals surface area contributed by atoms with Gasteiger partial charge in [-0.2, -0.15) is 0 Å². The number of para-hydroxylation sites is 2. The van der Waals surface area contributed by atoms with E-state index in [-0.39, 0.29) is 11.8 Å². The third kappa shape index (κ3) is 4.12. The highest BCUT2D eigenvalue weighted by atomic mass is 79.9. The predicted octanol–water partition coefficient (Wildman–Crippen LogP) is 4.87. The zero-order valence-corrected chi connectivity index (χ0v) is 19.0. The number of hydrogen-bond acceptors (Lipinski definition) is 5. The third-order valence-electron chi connectivity index (χ3n) is 5.57. The number of nitrogens with one attached hydrogen (secondary N) is 1. The summed E-state index contributed by atoms with van der Waals surface area (Å²) in [7, 11) is 1.61. The zero-order valence-electron chi connectivity index (χ0n) is 17.4. The molecule has 1 saturated heterocycles. The van der Waals surface area contributed by atoms with Crippen LogP contribution in [0.4, 0.5) is 11.5 Å². The molecule has 1 aliphatic rings. The Kier molecular flexibility index (Phi) is 5.90. The summed E-state index contributed by atoms with van der Waals surface area (Å²) in [5, 5.41) is 3.12. The smallest absolute Gasteiger partial charge is 0.257 e. The van der Waals surface area contributed by atoms with E-state index in [0.29, 0.717) is 18.2 Å². The van der Waals surface area contributed by atoms with E-state index >= 15 is 0 Å². The molecule has 2 heterocycles. The lowest BCUT2D eigenvalue weighted by molar-refractivity contribution is -0.120. The molecule has 1 fully saturated rings. The predicted molar refractivity (Wildman–Crippen MR) is 123 cm³/mol. The van der Waals surface area contributed by atoms with Gasteiger partial charge >= 0.3 is 0 Å². The normalized spacial score (nSPS) is 16.5. The first-order valence-corrected chi connectivity index (χ1v) is 10.9. The number of anilines is 2. The topological polar surface area (TPSA) is 67.4 Å². The van der Waals surface area contributed by atoms with Gasteiger partial charge < -0.3 is 15.0 Å². The van der Waals surface area contributed by atoms with E-state index in [1.54, 1.807) is 7.11 Å². The molecule has 0 bridgehead atoms. The number of halogens is 1. The van der Waals surface area contributed by atoms with Gasteiger partial charge in [-0.25, -0.2) is 9.97 Å². The molecule has 156 valence electrons. The molecule has 0 radical (unpaired) electrons. The number of aryl methyl sites for hydroxylation is 2. The number of carbonyl (C=O) groups is 1. The standard InChI is InChI=1S/C23H25BrN4O2/c1-14-12-20(15(2)11-17(14)24)26-22(29)16-7-6-10-28(13-16)21-23(30-3)27-19-9-5-4-8-18(19)25-21/h4-5,8-9,11-12,16H,6-7,10,13H2,1-3H3,(H,26,29). The highest BCUT2D eigenvalue weighted by molar-refractivity contribution is 9.10. The SMILES string of the molecule is COc1nc2ccccc2nc1N1CCCC(C(=O)Nc2cc(C)c(Br)cc2C)C1. The van der Waals surface area contributed by atoms with E-state index in [4.69, 9.17) is 9.72 Å². The fourth-order valence-corrected chi connectivity index (χ4v) is 4.31. The number of piperidine rings is 1. The van der Waals surface area contributed by atoms with Crippen molar-refractivity contribution < 1.29 is 9.53 Å². The number of methoxy groups -OCH3 is 1. The minimum absolute atomic E-state index is 0.0391. The zero-order chi connectivity index (χ0) is 21.3. The molecule has 6 nitrogen and oxygen atoms in total. The van der Waals surface area contributed by atoms with Gasteiger partial charge in [0, 0.05) is 23.2 Å². The Morgan fingerprint density at radius 2 is 1.90 bits per heavy atom. The third-order valence-corrected chi connectivity index (χ3v) is 6.42. The number of fused-ring (bicyclic) bond motifs is 1. The van der Waals surface area contributed by atoms with Crippen LogP contribution in [0, 0.1) is 19.8 Å². The van der Waals surface area contributed by atoms with E-state index < -0.39 is 0 Å². The molecule has 1 atom stereocenters. The van der Waals surface area contributed by atoms with E-state index in [1.807, 2.05) is 50.2 Å². The Bertz CT molecular complexity index is 1100. The lowest BCUT2D eigenvalue weighted by Gasteiger charge is -2.33. The van der Waals surface area contributed by atoms with Gasteiger partial charge in [-0.1, -0.05) is 28.1 Å². The van der Waals surface area contributed by atoms with Crippen LogP contribution in [0.2, 0.25) is 0 Å². The quantitative estimate of drug-likeness (QED) is 0.591. The minimum Gasteiger partial charge on any atom is -0.478 e. The van der Waals surface area contributed by atoms with Gasteiger partial charge in [-0.3, -0.25) is 4.79 Å². The molecular formula is C23H25BrN4O2. The minimum atomic E-state index is -0.125. The number of nitrogens with zero attached hydrogens (tertiary/aromatic N) is 3. The van der Waals surface area contributed by atoms with Crippen LogP contribution in [0.3, 0.4) is 0 Å². The first-order chi connectivity index (χ1) is 14.5. The maximum atomic E-state index is 13.0. The van der Waals surface area contributed by atoms with Crippen molar-refractivity contribution >= 4 is 44.4 Å². The summed E-state index contributed by atoms with van der Waals surface area (Å²) in [6, 6.07) is 11.8. The molecular weight excluding hydrogens is 444 g/mol. The molecule has 0 saturated carbocycles. The second-order valence-electron chi connectivity index (χ2n) is 7.74. The Balaban J connectivity index is 1.55. The number of carbonyl (C=O) groups excluding carboxylic acids is 1. The fourth-order valence-electron chi connectivity index (χ4n) is 3.85. The van der Waals surface area contributed by atoms with Crippen LogP contribution in [0.25, 0.3) is 11.0 Å². The Labute approximate surface area is 184 Å². The molecule has 1 N–H and O–H groups in total. The second kappa shape index (κ2) is 8.60. The van der Waals surface area contributed by atoms with Crippen LogP contribution >= 0.6 is 15.9 Å². The first kappa shape index (κ1) is 20.6. The van der Waals surface area contributed by atoms with Crippen molar-refractivity contribution in [2.75, 3.05) is 30.4 Å². The molecule has 1 aromatic heterocycles. The van der Waals surface area contributed by atoms with Crippen molar-refractivity contribution in [1.82, 2.24) is 9.97 Å². The fraction of sp³-hybridized carbons (Fsp3) is 0.348. The van der Waals surface area contributed by atoms with Crippen LogP contribution in [-0.4, -0.2) is 36.1 Å². The van der Waals surface area contributed by atoms with Crippen LogP contribution in [0.1, 0.15) is 24.0 Å². The number of aromatic nitrogens is 2. The van der Waals surface area contributed by atoms with Crippen molar-refractivity contribution in [2.24, 2.45) is 5.92 Å². The van der Waals surface area contributed by atoms with Gasteiger partial charge in [-0.05, 0) is 62.1 Å². The maximum absolute atomic E-state index is 13.0. The summed E-state index contributed by atoms with van der Waals surface area (Å²) in [4.78, 5) is 24.5. The molecule has 2 aromatic carbocycles. The average molecular weight is 469 g/mol. The van der Waals surface area contributed by atoms with Crippen molar-refractivity contribution in [1.29, 1.82) is 0 Å². The summed E-state index contributed by atoms with van der Waals surface area (Å²) in [5.41, 5.74) is 4.61. The van der Waals surface area contributed by atoms with Crippen molar-refractivity contribution in [2.45, 2.75) is 26.7 Å². The molecule has 4 rings (SSSR count). The van der Waals surface area contributed by atoms with E-state index in [9.17, 15) is 4.79 Å². The highest BCUT2D eigenvalue weighted by Gasteiger charge is 2.29. The molecule has 0 spiro atoms.